The van der Waals surface area contributed by atoms with E-state index in [4.69, 9.17) is 4.74 Å². The van der Waals surface area contributed by atoms with Crippen LogP contribution >= 0.6 is 0 Å². The van der Waals surface area contributed by atoms with Crippen LogP contribution < -0.4 is 15.1 Å². The van der Waals surface area contributed by atoms with E-state index in [2.05, 4.69) is 10.4 Å². The summed E-state index contributed by atoms with van der Waals surface area (Å²) in [4.78, 5) is 24.3. The first kappa shape index (κ1) is 16.8. The maximum atomic E-state index is 12.2. The van der Waals surface area contributed by atoms with Crippen molar-refractivity contribution in [3.05, 3.63) is 72.8 Å². The Labute approximate surface area is 156 Å². The van der Waals surface area contributed by atoms with Crippen LogP contribution in [0.2, 0.25) is 0 Å². The Balaban J connectivity index is 1.40. The zero-order valence-electron chi connectivity index (χ0n) is 14.5. The lowest BCUT2D eigenvalue weighted by atomic mass is 10.1. The summed E-state index contributed by atoms with van der Waals surface area (Å²) in [6.45, 7) is -0.160. The van der Waals surface area contributed by atoms with Crippen molar-refractivity contribution in [3.8, 4) is 5.75 Å². The minimum atomic E-state index is -0.357. The highest BCUT2D eigenvalue weighted by Crippen LogP contribution is 2.25. The predicted molar refractivity (Wildman–Crippen MR) is 104 cm³/mol. The number of fused-ring (bicyclic) bond motifs is 1. The van der Waals surface area contributed by atoms with Crippen LogP contribution in [0.25, 0.3) is 10.8 Å². The van der Waals surface area contributed by atoms with Gasteiger partial charge in [-0.25, -0.2) is 0 Å². The zero-order chi connectivity index (χ0) is 18.6. The van der Waals surface area contributed by atoms with Gasteiger partial charge in [0.05, 0.1) is 12.1 Å². The number of hydrazone groups is 1. The Morgan fingerprint density at radius 2 is 1.74 bits per heavy atom. The Morgan fingerprint density at radius 3 is 2.59 bits per heavy atom. The molecule has 0 aliphatic carbocycles. The highest BCUT2D eigenvalue weighted by atomic mass is 16.5. The number of para-hydroxylation sites is 1. The topological polar surface area (TPSA) is 71.0 Å². The van der Waals surface area contributed by atoms with E-state index in [1.165, 1.54) is 5.01 Å². The standard InChI is InChI=1S/C21H17N3O3/c25-20(14-27-18-12-6-8-15-7-4-5-11-17(15)18)22-19-13-21(26)24(23-19)16-9-2-1-3-10-16/h1-12H,13-14H2,(H,22,23,25). The molecule has 6 heteroatoms. The molecule has 27 heavy (non-hydrogen) atoms. The lowest BCUT2D eigenvalue weighted by molar-refractivity contribution is -0.121. The molecule has 0 radical (unpaired) electrons. The molecular formula is C21H17N3O3. The Bertz CT molecular complexity index is 1030. The Morgan fingerprint density at radius 1 is 1.00 bits per heavy atom. The van der Waals surface area contributed by atoms with Gasteiger partial charge in [-0.1, -0.05) is 54.6 Å². The monoisotopic (exact) mass is 359 g/mol. The molecule has 0 saturated heterocycles. The largest absolute Gasteiger partial charge is 0.483 e. The molecule has 0 spiro atoms. The average Bonchev–Trinajstić information content (AvgIpc) is 3.07. The number of carbonyl (C=O) groups excluding carboxylic acids is 2. The van der Waals surface area contributed by atoms with Gasteiger partial charge in [0, 0.05) is 5.39 Å². The fraction of sp³-hybridized carbons (Fsp3) is 0.0952. The van der Waals surface area contributed by atoms with Crippen LogP contribution in [0.1, 0.15) is 6.42 Å². The molecule has 6 nitrogen and oxygen atoms in total. The van der Waals surface area contributed by atoms with E-state index in [1.54, 1.807) is 12.1 Å². The third-order valence-electron chi connectivity index (χ3n) is 4.17. The number of ether oxygens (including phenoxy) is 1. The second-order valence-corrected chi connectivity index (χ2v) is 6.08. The lowest BCUT2D eigenvalue weighted by Crippen LogP contribution is -2.33. The first-order valence-corrected chi connectivity index (χ1v) is 8.56. The van der Waals surface area contributed by atoms with E-state index < -0.39 is 0 Å². The molecule has 0 aromatic heterocycles. The van der Waals surface area contributed by atoms with E-state index >= 15 is 0 Å². The van der Waals surface area contributed by atoms with Crippen molar-refractivity contribution in [1.82, 2.24) is 5.32 Å². The number of amides is 2. The molecular weight excluding hydrogens is 342 g/mol. The van der Waals surface area contributed by atoms with Crippen LogP contribution in [-0.2, 0) is 9.59 Å². The van der Waals surface area contributed by atoms with Crippen LogP contribution in [0, 0.1) is 0 Å². The van der Waals surface area contributed by atoms with Crippen LogP contribution in [0.15, 0.2) is 77.9 Å². The molecule has 3 aromatic rings. The van der Waals surface area contributed by atoms with Crippen LogP contribution in [0.5, 0.6) is 5.75 Å². The molecule has 1 aliphatic rings. The molecule has 0 atom stereocenters. The minimum absolute atomic E-state index is 0.0505. The lowest BCUT2D eigenvalue weighted by Gasteiger charge is -2.10. The van der Waals surface area contributed by atoms with Gasteiger partial charge in [0.15, 0.2) is 6.61 Å². The number of nitrogens with zero attached hydrogens (tertiary/aromatic N) is 2. The van der Waals surface area contributed by atoms with Crippen molar-refractivity contribution in [3.63, 3.8) is 0 Å². The summed E-state index contributed by atoms with van der Waals surface area (Å²) >= 11 is 0. The predicted octanol–water partition coefficient (Wildman–Crippen LogP) is 3.09. The minimum Gasteiger partial charge on any atom is -0.483 e. The molecule has 4 rings (SSSR count). The first-order chi connectivity index (χ1) is 13.2. The van der Waals surface area contributed by atoms with Crippen molar-refractivity contribution in [2.75, 3.05) is 11.6 Å². The van der Waals surface area contributed by atoms with Crippen LogP contribution in [0.4, 0.5) is 5.69 Å². The SMILES string of the molecule is O=C(COc1cccc2ccccc12)NC1=NN(c2ccccc2)C(=O)C1. The van der Waals surface area contributed by atoms with Gasteiger partial charge in [0.25, 0.3) is 11.8 Å². The fourth-order valence-electron chi connectivity index (χ4n) is 2.93. The smallest absolute Gasteiger partial charge is 0.263 e. The summed E-state index contributed by atoms with van der Waals surface area (Å²) in [7, 11) is 0. The summed E-state index contributed by atoms with van der Waals surface area (Å²) in [5.74, 6) is 0.407. The third-order valence-corrected chi connectivity index (χ3v) is 4.17. The number of carbonyl (C=O) groups is 2. The van der Waals surface area contributed by atoms with Gasteiger partial charge in [0.2, 0.25) is 0 Å². The van der Waals surface area contributed by atoms with Gasteiger partial charge in [-0.05, 0) is 23.6 Å². The number of rotatable bonds is 4. The molecule has 2 amide bonds. The van der Waals surface area contributed by atoms with Gasteiger partial charge in [0.1, 0.15) is 11.6 Å². The normalized spacial score (nSPS) is 13.6. The van der Waals surface area contributed by atoms with Crippen LogP contribution in [-0.4, -0.2) is 24.3 Å². The van der Waals surface area contributed by atoms with Gasteiger partial charge < -0.3 is 10.1 Å². The molecule has 1 N–H and O–H groups in total. The van der Waals surface area contributed by atoms with E-state index in [0.717, 1.165) is 10.8 Å². The second kappa shape index (κ2) is 7.29. The zero-order valence-corrected chi connectivity index (χ0v) is 14.5. The van der Waals surface area contributed by atoms with Gasteiger partial charge in [-0.15, -0.1) is 0 Å². The molecule has 134 valence electrons. The maximum Gasteiger partial charge on any atom is 0.263 e. The molecule has 0 fully saturated rings. The molecule has 1 heterocycles. The summed E-state index contributed by atoms with van der Waals surface area (Å²) < 4.78 is 5.66. The Kier molecular flexibility index (Phi) is 4.53. The van der Waals surface area contributed by atoms with Crippen molar-refractivity contribution in [1.29, 1.82) is 0 Å². The van der Waals surface area contributed by atoms with E-state index in [1.807, 2.05) is 60.7 Å². The summed E-state index contributed by atoms with van der Waals surface area (Å²) in [6.07, 6.45) is 0.0505. The summed E-state index contributed by atoms with van der Waals surface area (Å²) in [6, 6.07) is 22.6. The number of hydrogen-bond acceptors (Lipinski definition) is 4. The summed E-state index contributed by atoms with van der Waals surface area (Å²) in [5.41, 5.74) is 0.666. The molecule has 0 saturated carbocycles. The van der Waals surface area contributed by atoms with Gasteiger partial charge >= 0.3 is 0 Å². The van der Waals surface area contributed by atoms with E-state index in [0.29, 0.717) is 17.3 Å². The number of anilines is 1. The van der Waals surface area contributed by atoms with Gasteiger partial charge in [-0.3, -0.25) is 9.59 Å². The molecule has 1 aliphatic heterocycles. The molecule has 3 aromatic carbocycles. The fourth-order valence-corrected chi connectivity index (χ4v) is 2.93. The number of nitrogens with one attached hydrogen (secondary N) is 1. The second-order valence-electron chi connectivity index (χ2n) is 6.08. The third kappa shape index (κ3) is 3.64. The highest BCUT2D eigenvalue weighted by molar-refractivity contribution is 6.15. The number of hydrogen-bond donors (Lipinski definition) is 1. The number of amidine groups is 1. The van der Waals surface area contributed by atoms with Crippen LogP contribution in [0.3, 0.4) is 0 Å². The van der Waals surface area contributed by atoms with Gasteiger partial charge in [-0.2, -0.15) is 10.1 Å². The van der Waals surface area contributed by atoms with Crippen molar-refractivity contribution < 1.29 is 14.3 Å². The summed E-state index contributed by atoms with van der Waals surface area (Å²) in [5, 5.41) is 10.1. The van der Waals surface area contributed by atoms with Crippen molar-refractivity contribution >= 4 is 34.1 Å². The van der Waals surface area contributed by atoms with E-state index in [-0.39, 0.29) is 24.8 Å². The van der Waals surface area contributed by atoms with E-state index in [9.17, 15) is 9.59 Å². The molecule has 0 bridgehead atoms. The first-order valence-electron chi connectivity index (χ1n) is 8.56. The maximum absolute atomic E-state index is 12.2. The molecule has 0 unspecified atom stereocenters. The quantitative estimate of drug-likeness (QED) is 0.778. The van der Waals surface area contributed by atoms with Crippen molar-refractivity contribution in [2.45, 2.75) is 6.42 Å². The van der Waals surface area contributed by atoms with Crippen molar-refractivity contribution in [2.24, 2.45) is 5.10 Å². The Hall–Kier alpha value is -3.67. The highest BCUT2D eigenvalue weighted by Gasteiger charge is 2.26. The number of benzene rings is 3. The average molecular weight is 359 g/mol.